The van der Waals surface area contributed by atoms with Gasteiger partial charge in [-0.2, -0.15) is 0 Å². The molecule has 1 aliphatic heterocycles. The number of thiocarbonyl (C=S) groups is 1. The van der Waals surface area contributed by atoms with Crippen LogP contribution >= 0.6 is 12.2 Å². The molecule has 1 aromatic carbocycles. The second kappa shape index (κ2) is 9.03. The molecule has 1 fully saturated rings. The van der Waals surface area contributed by atoms with Gasteiger partial charge in [0, 0.05) is 42.2 Å². The fraction of sp³-hybridized carbons (Fsp3) is 0.250. The Hall–Kier alpha value is -3.51. The Balaban J connectivity index is 1.63. The number of nitrogens with zero attached hydrogens (tertiary/aromatic N) is 4. The van der Waals surface area contributed by atoms with E-state index in [1.165, 1.54) is 33.6 Å². The topological polar surface area (TPSA) is 46.0 Å². The average Bonchev–Trinajstić information content (AvgIpc) is 3.33. The van der Waals surface area contributed by atoms with E-state index in [0.717, 1.165) is 23.0 Å². The molecule has 34 heavy (non-hydrogen) atoms. The molecular weight excluding hydrogens is 438 g/mol. The first kappa shape index (κ1) is 22.3. The van der Waals surface area contributed by atoms with Crippen molar-refractivity contribution in [3.05, 3.63) is 113 Å². The normalized spacial score (nSPS) is 17.8. The molecule has 172 valence electrons. The number of pyridine rings is 2. The molecule has 1 N–H and O–H groups in total. The van der Waals surface area contributed by atoms with Crippen molar-refractivity contribution in [2.24, 2.45) is 0 Å². The molecular formula is C28H29N5S. The van der Waals surface area contributed by atoms with Gasteiger partial charge in [-0.05, 0) is 105 Å². The Morgan fingerprint density at radius 1 is 0.912 bits per heavy atom. The van der Waals surface area contributed by atoms with Crippen molar-refractivity contribution in [1.29, 1.82) is 0 Å². The van der Waals surface area contributed by atoms with Crippen LogP contribution in [0.15, 0.2) is 73.2 Å². The first-order valence-corrected chi connectivity index (χ1v) is 12.0. The van der Waals surface area contributed by atoms with Crippen LogP contribution in [0.3, 0.4) is 0 Å². The van der Waals surface area contributed by atoms with Crippen LogP contribution in [-0.4, -0.2) is 19.6 Å². The number of benzene rings is 1. The van der Waals surface area contributed by atoms with Gasteiger partial charge in [-0.15, -0.1) is 0 Å². The third kappa shape index (κ3) is 3.99. The summed E-state index contributed by atoms with van der Waals surface area (Å²) in [4.78, 5) is 11.1. The van der Waals surface area contributed by atoms with Gasteiger partial charge in [0.15, 0.2) is 5.11 Å². The molecule has 3 aromatic heterocycles. The lowest BCUT2D eigenvalue weighted by Crippen LogP contribution is -2.29. The van der Waals surface area contributed by atoms with Gasteiger partial charge in [-0.3, -0.25) is 9.97 Å². The minimum Gasteiger partial charge on any atom is -0.351 e. The summed E-state index contributed by atoms with van der Waals surface area (Å²) in [7, 11) is 0. The summed E-state index contributed by atoms with van der Waals surface area (Å²) in [5, 5.41) is 4.31. The maximum absolute atomic E-state index is 5.91. The van der Waals surface area contributed by atoms with E-state index in [1.807, 2.05) is 30.7 Å². The Bertz CT molecular complexity index is 1330. The molecule has 6 heteroatoms. The summed E-state index contributed by atoms with van der Waals surface area (Å²) in [6.45, 7) is 9.48. The van der Waals surface area contributed by atoms with Crippen LogP contribution in [0.4, 0.5) is 5.69 Å². The molecule has 5 nitrogen and oxygen atoms in total. The lowest BCUT2D eigenvalue weighted by atomic mass is 9.96. The molecule has 2 atom stereocenters. The summed E-state index contributed by atoms with van der Waals surface area (Å²) in [6.07, 6.45) is 5.55. The number of nitrogens with one attached hydrogen (secondary N) is 1. The first-order valence-electron chi connectivity index (χ1n) is 11.6. The highest BCUT2D eigenvalue weighted by Gasteiger charge is 2.42. The van der Waals surface area contributed by atoms with E-state index < -0.39 is 0 Å². The SMILES string of the molecule is Cc1ccc(N2C(=S)N[C@@H](c3ccccn3)[C@@H]2c2cc(C)n(Cc3ccncc3)c2C)cc1C. The Morgan fingerprint density at radius 2 is 1.71 bits per heavy atom. The van der Waals surface area contributed by atoms with Crippen LogP contribution in [0.25, 0.3) is 0 Å². The quantitative estimate of drug-likeness (QED) is 0.380. The number of hydrogen-bond acceptors (Lipinski definition) is 3. The summed E-state index contributed by atoms with van der Waals surface area (Å²) in [6, 6.07) is 19.0. The smallest absolute Gasteiger partial charge is 0.174 e. The van der Waals surface area contributed by atoms with Gasteiger partial charge in [-0.25, -0.2) is 0 Å². The molecule has 0 aliphatic carbocycles. The number of hydrogen-bond donors (Lipinski definition) is 1. The fourth-order valence-electron chi connectivity index (χ4n) is 4.87. The van der Waals surface area contributed by atoms with Crippen LogP contribution < -0.4 is 10.2 Å². The van der Waals surface area contributed by atoms with Crippen LogP contribution in [0.2, 0.25) is 0 Å². The Labute approximate surface area is 206 Å². The predicted molar refractivity (Wildman–Crippen MR) is 141 cm³/mol. The van der Waals surface area contributed by atoms with E-state index in [1.54, 1.807) is 0 Å². The first-order chi connectivity index (χ1) is 16.4. The monoisotopic (exact) mass is 467 g/mol. The van der Waals surface area contributed by atoms with Crippen LogP contribution in [0.5, 0.6) is 0 Å². The van der Waals surface area contributed by atoms with E-state index in [-0.39, 0.29) is 12.1 Å². The number of rotatable bonds is 5. The summed E-state index contributed by atoms with van der Waals surface area (Å²) in [5.74, 6) is 0. The Morgan fingerprint density at radius 3 is 2.41 bits per heavy atom. The highest BCUT2D eigenvalue weighted by molar-refractivity contribution is 7.80. The van der Waals surface area contributed by atoms with Crippen LogP contribution in [0.1, 0.15) is 51.4 Å². The van der Waals surface area contributed by atoms with Gasteiger partial charge in [0.1, 0.15) is 0 Å². The molecule has 0 bridgehead atoms. The van der Waals surface area contributed by atoms with Crippen molar-refractivity contribution < 1.29 is 0 Å². The third-order valence-electron chi connectivity index (χ3n) is 6.89. The van der Waals surface area contributed by atoms with Crippen molar-refractivity contribution in [1.82, 2.24) is 19.9 Å². The predicted octanol–water partition coefficient (Wildman–Crippen LogP) is 5.74. The summed E-state index contributed by atoms with van der Waals surface area (Å²) < 4.78 is 2.38. The largest absolute Gasteiger partial charge is 0.351 e. The molecule has 1 saturated heterocycles. The van der Waals surface area contributed by atoms with E-state index in [2.05, 4.69) is 89.9 Å². The second-order valence-electron chi connectivity index (χ2n) is 9.03. The maximum atomic E-state index is 5.91. The lowest BCUT2D eigenvalue weighted by Gasteiger charge is -2.28. The molecule has 1 aliphatic rings. The highest BCUT2D eigenvalue weighted by Crippen LogP contribution is 2.43. The highest BCUT2D eigenvalue weighted by atomic mass is 32.1. The summed E-state index contributed by atoms with van der Waals surface area (Å²) >= 11 is 5.91. The van der Waals surface area contributed by atoms with Crippen molar-refractivity contribution in [3.8, 4) is 0 Å². The van der Waals surface area contributed by atoms with Crippen LogP contribution in [-0.2, 0) is 6.54 Å². The maximum Gasteiger partial charge on any atom is 0.174 e. The van der Waals surface area contributed by atoms with Crippen molar-refractivity contribution in [2.75, 3.05) is 4.90 Å². The van der Waals surface area contributed by atoms with Crippen molar-refractivity contribution >= 4 is 23.0 Å². The van der Waals surface area contributed by atoms with Gasteiger partial charge in [0.05, 0.1) is 17.8 Å². The zero-order valence-electron chi connectivity index (χ0n) is 20.0. The number of aryl methyl sites for hydroxylation is 3. The van der Waals surface area contributed by atoms with E-state index in [9.17, 15) is 0 Å². The van der Waals surface area contributed by atoms with Gasteiger partial charge in [-0.1, -0.05) is 12.1 Å². The standard InChI is InChI=1S/C28H29N5S/c1-18-8-9-23(15-19(18)2)33-27(26(31-28(33)34)25-7-5-6-12-30-25)24-16-20(3)32(21(24)4)17-22-10-13-29-14-11-22/h5-16,26-27H,17H2,1-4H3,(H,31,34)/t26-,27-/m0/s1. The number of aromatic nitrogens is 3. The second-order valence-corrected chi connectivity index (χ2v) is 9.42. The van der Waals surface area contributed by atoms with E-state index in [4.69, 9.17) is 17.2 Å². The third-order valence-corrected chi connectivity index (χ3v) is 7.20. The van der Waals surface area contributed by atoms with Gasteiger partial charge in [0.25, 0.3) is 0 Å². The van der Waals surface area contributed by atoms with Crippen molar-refractivity contribution in [2.45, 2.75) is 46.3 Å². The lowest BCUT2D eigenvalue weighted by molar-refractivity contribution is 0.563. The zero-order chi connectivity index (χ0) is 23.8. The van der Waals surface area contributed by atoms with Gasteiger partial charge >= 0.3 is 0 Å². The fourth-order valence-corrected chi connectivity index (χ4v) is 5.21. The number of anilines is 1. The van der Waals surface area contributed by atoms with Crippen LogP contribution in [0, 0.1) is 27.7 Å². The zero-order valence-corrected chi connectivity index (χ0v) is 20.8. The van der Waals surface area contributed by atoms with Gasteiger partial charge < -0.3 is 14.8 Å². The van der Waals surface area contributed by atoms with E-state index >= 15 is 0 Å². The average molecular weight is 468 g/mol. The molecule has 0 saturated carbocycles. The molecule has 0 spiro atoms. The molecule has 4 aromatic rings. The molecule has 4 heterocycles. The summed E-state index contributed by atoms with van der Waals surface area (Å²) in [5.41, 5.74) is 9.56. The van der Waals surface area contributed by atoms with E-state index in [0.29, 0.717) is 0 Å². The van der Waals surface area contributed by atoms with Crippen molar-refractivity contribution in [3.63, 3.8) is 0 Å². The molecule has 0 unspecified atom stereocenters. The minimum atomic E-state index is -0.0508. The van der Waals surface area contributed by atoms with Gasteiger partial charge in [0.2, 0.25) is 0 Å². The molecule has 0 amide bonds. The molecule has 5 rings (SSSR count). The molecule has 0 radical (unpaired) electrons. The minimum absolute atomic E-state index is 0.0121. The Kier molecular flexibility index (Phi) is 5.92.